The molecule has 0 bridgehead atoms. The summed E-state index contributed by atoms with van der Waals surface area (Å²) >= 11 is 0. The van der Waals surface area contributed by atoms with Crippen molar-refractivity contribution < 1.29 is 14.8 Å². The monoisotopic (exact) mass is 205 g/mol. The minimum Gasteiger partial charge on any atom is -0.472 e. The first-order chi connectivity index (χ1) is 7.00. The van der Waals surface area contributed by atoms with Crippen LogP contribution in [0.5, 0.6) is 0 Å². The van der Waals surface area contributed by atoms with Crippen molar-refractivity contribution >= 4 is 11.7 Å². The van der Waals surface area contributed by atoms with Crippen LogP contribution >= 0.6 is 0 Å². The van der Waals surface area contributed by atoms with E-state index in [4.69, 9.17) is 5.11 Å². The zero-order valence-corrected chi connectivity index (χ0v) is 7.85. The van der Waals surface area contributed by atoms with E-state index in [1.807, 2.05) is 5.92 Å². The Morgan fingerprint density at radius 2 is 2.20 bits per heavy atom. The van der Waals surface area contributed by atoms with E-state index >= 15 is 0 Å². The van der Waals surface area contributed by atoms with Gasteiger partial charge in [-0.2, -0.15) is 0 Å². The number of hydrogen-bond acceptors (Lipinski definition) is 3. The molecule has 1 rings (SSSR count). The number of carboxylic acid groups (broad SMARTS) is 1. The molecule has 15 heavy (non-hydrogen) atoms. The first-order valence-corrected chi connectivity index (χ1v) is 4.00. The van der Waals surface area contributed by atoms with E-state index in [1.165, 1.54) is 18.2 Å². The molecule has 0 unspecified atom stereocenters. The lowest BCUT2D eigenvalue weighted by Gasteiger charge is -1.96. The molecular weight excluding hydrogens is 198 g/mol. The molecule has 0 atom stereocenters. The lowest BCUT2D eigenvalue weighted by Crippen LogP contribution is -1.91. The molecule has 1 aromatic carbocycles. The number of carbonyl (C=O) groups is 1. The molecule has 0 aromatic heterocycles. The van der Waals surface area contributed by atoms with Crippen LogP contribution in [0.4, 0.5) is 5.69 Å². The number of aryl methyl sites for hydroxylation is 1. The van der Waals surface area contributed by atoms with Gasteiger partial charge in [0.1, 0.15) is 0 Å². The maximum atomic E-state index is 10.4. The summed E-state index contributed by atoms with van der Waals surface area (Å²) in [6.07, 6.45) is 0. The van der Waals surface area contributed by atoms with Crippen LogP contribution in [0.2, 0.25) is 0 Å². The summed E-state index contributed by atoms with van der Waals surface area (Å²) in [6.45, 7) is 1.64. The molecule has 0 fully saturated rings. The second-order valence-corrected chi connectivity index (χ2v) is 2.81. The van der Waals surface area contributed by atoms with Gasteiger partial charge in [0.2, 0.25) is 0 Å². The minimum atomic E-state index is -1.23. The van der Waals surface area contributed by atoms with Crippen LogP contribution in [0.3, 0.4) is 0 Å². The van der Waals surface area contributed by atoms with E-state index in [0.29, 0.717) is 11.1 Å². The molecule has 0 saturated heterocycles. The molecule has 76 valence electrons. The highest BCUT2D eigenvalue weighted by atomic mass is 16.6. The van der Waals surface area contributed by atoms with Gasteiger partial charge < -0.3 is 5.11 Å². The lowest BCUT2D eigenvalue weighted by molar-refractivity contribution is -0.384. The van der Waals surface area contributed by atoms with E-state index in [9.17, 15) is 14.9 Å². The number of nitro groups is 1. The van der Waals surface area contributed by atoms with Gasteiger partial charge in [0.15, 0.2) is 0 Å². The SMILES string of the molecule is Cc1cc([N+](=O)[O-])ccc1C#CC(=O)O. The highest BCUT2D eigenvalue weighted by Gasteiger charge is 2.06. The van der Waals surface area contributed by atoms with Gasteiger partial charge in [-0.1, -0.05) is 5.92 Å². The maximum absolute atomic E-state index is 10.4. The van der Waals surface area contributed by atoms with Gasteiger partial charge in [-0.05, 0) is 18.6 Å². The number of rotatable bonds is 1. The van der Waals surface area contributed by atoms with Crippen molar-refractivity contribution in [3.63, 3.8) is 0 Å². The molecule has 0 heterocycles. The van der Waals surface area contributed by atoms with Crippen molar-refractivity contribution in [3.8, 4) is 11.8 Å². The average Bonchev–Trinajstić information content (AvgIpc) is 2.15. The minimum absolute atomic E-state index is 0.0339. The molecule has 0 saturated carbocycles. The molecule has 1 N–H and O–H groups in total. The molecule has 0 aliphatic rings. The van der Waals surface area contributed by atoms with Gasteiger partial charge in [-0.25, -0.2) is 4.79 Å². The Balaban J connectivity index is 3.10. The van der Waals surface area contributed by atoms with E-state index < -0.39 is 10.9 Å². The lowest BCUT2D eigenvalue weighted by atomic mass is 10.1. The molecule has 0 amide bonds. The normalized spacial score (nSPS) is 8.87. The Labute approximate surface area is 85.5 Å². The molecule has 0 radical (unpaired) electrons. The van der Waals surface area contributed by atoms with Gasteiger partial charge in [-0.15, -0.1) is 0 Å². The van der Waals surface area contributed by atoms with E-state index in [2.05, 4.69) is 5.92 Å². The summed E-state index contributed by atoms with van der Waals surface area (Å²) in [5.74, 6) is 3.13. The molecule has 5 nitrogen and oxygen atoms in total. The van der Waals surface area contributed by atoms with Crippen molar-refractivity contribution in [1.82, 2.24) is 0 Å². The third kappa shape index (κ3) is 2.81. The van der Waals surface area contributed by atoms with Crippen LogP contribution in [0, 0.1) is 28.9 Å². The molecular formula is C10H7NO4. The first kappa shape index (κ1) is 10.7. The second-order valence-electron chi connectivity index (χ2n) is 2.81. The van der Waals surface area contributed by atoms with Crippen molar-refractivity contribution in [2.75, 3.05) is 0 Å². The van der Waals surface area contributed by atoms with E-state index in [0.717, 1.165) is 0 Å². The Morgan fingerprint density at radius 3 is 2.67 bits per heavy atom. The third-order valence-corrected chi connectivity index (χ3v) is 1.72. The molecule has 0 aliphatic carbocycles. The molecule has 0 spiro atoms. The van der Waals surface area contributed by atoms with Crippen molar-refractivity contribution in [2.45, 2.75) is 6.92 Å². The number of nitro benzene ring substituents is 1. The molecule has 1 aromatic rings. The third-order valence-electron chi connectivity index (χ3n) is 1.72. The largest absolute Gasteiger partial charge is 0.472 e. The van der Waals surface area contributed by atoms with Crippen LogP contribution in [0.15, 0.2) is 18.2 Å². The van der Waals surface area contributed by atoms with Gasteiger partial charge >= 0.3 is 5.97 Å². The zero-order valence-electron chi connectivity index (χ0n) is 7.85. The van der Waals surface area contributed by atoms with Gasteiger partial charge in [0.05, 0.1) is 4.92 Å². The predicted octanol–water partition coefficient (Wildman–Crippen LogP) is 1.34. The van der Waals surface area contributed by atoms with Crippen LogP contribution in [0.25, 0.3) is 0 Å². The number of benzene rings is 1. The van der Waals surface area contributed by atoms with E-state index in [-0.39, 0.29) is 5.69 Å². The summed E-state index contributed by atoms with van der Waals surface area (Å²) in [7, 11) is 0. The summed E-state index contributed by atoms with van der Waals surface area (Å²) in [5, 5.41) is 18.7. The molecule has 0 aliphatic heterocycles. The zero-order chi connectivity index (χ0) is 11.4. The predicted molar refractivity (Wildman–Crippen MR) is 52.3 cm³/mol. The number of hydrogen-bond donors (Lipinski definition) is 1. The molecule has 5 heteroatoms. The van der Waals surface area contributed by atoms with Crippen LogP contribution in [-0.2, 0) is 4.79 Å². The quantitative estimate of drug-likeness (QED) is 0.426. The van der Waals surface area contributed by atoms with Crippen LogP contribution < -0.4 is 0 Å². The Kier molecular flexibility index (Phi) is 3.03. The number of carboxylic acids is 1. The van der Waals surface area contributed by atoms with Gasteiger partial charge in [0.25, 0.3) is 5.69 Å². The fraction of sp³-hybridized carbons (Fsp3) is 0.100. The Morgan fingerprint density at radius 1 is 1.53 bits per heavy atom. The maximum Gasteiger partial charge on any atom is 0.382 e. The van der Waals surface area contributed by atoms with Gasteiger partial charge in [0, 0.05) is 23.6 Å². The fourth-order valence-electron chi connectivity index (χ4n) is 1.02. The van der Waals surface area contributed by atoms with Crippen molar-refractivity contribution in [1.29, 1.82) is 0 Å². The number of aliphatic carboxylic acids is 1. The topological polar surface area (TPSA) is 80.4 Å². The van der Waals surface area contributed by atoms with E-state index in [1.54, 1.807) is 6.92 Å². The number of nitrogens with zero attached hydrogens (tertiary/aromatic N) is 1. The van der Waals surface area contributed by atoms with Crippen LogP contribution in [0.1, 0.15) is 11.1 Å². The van der Waals surface area contributed by atoms with Crippen molar-refractivity contribution in [3.05, 3.63) is 39.4 Å². The average molecular weight is 205 g/mol. The highest BCUT2D eigenvalue weighted by molar-refractivity contribution is 5.87. The van der Waals surface area contributed by atoms with Crippen LogP contribution in [-0.4, -0.2) is 16.0 Å². The summed E-state index contributed by atoms with van der Waals surface area (Å²) in [5.41, 5.74) is 1.02. The standard InChI is InChI=1S/C10H7NO4/c1-7-6-9(11(14)15)4-2-8(7)3-5-10(12)13/h2,4,6H,1H3,(H,12,13). The first-order valence-electron chi connectivity index (χ1n) is 4.00. The Bertz CT molecular complexity index is 482. The fourth-order valence-corrected chi connectivity index (χ4v) is 1.02. The van der Waals surface area contributed by atoms with Gasteiger partial charge in [-0.3, -0.25) is 10.1 Å². The summed E-state index contributed by atoms with van der Waals surface area (Å²) < 4.78 is 0. The van der Waals surface area contributed by atoms with Crippen molar-refractivity contribution in [2.24, 2.45) is 0 Å². The summed E-state index contributed by atoms with van der Waals surface area (Å²) in [6, 6.07) is 4.08. The highest BCUT2D eigenvalue weighted by Crippen LogP contribution is 2.15. The Hall–Kier alpha value is -2.35. The number of non-ortho nitro benzene ring substituents is 1. The summed E-state index contributed by atoms with van der Waals surface area (Å²) in [4.78, 5) is 20.1. The smallest absolute Gasteiger partial charge is 0.382 e. The second kappa shape index (κ2) is 4.24.